The van der Waals surface area contributed by atoms with Crippen molar-refractivity contribution in [1.82, 2.24) is 0 Å². The van der Waals surface area contributed by atoms with Gasteiger partial charge in [-0.15, -0.1) is 0 Å². The first-order valence-electron chi connectivity index (χ1n) is 9.00. The summed E-state index contributed by atoms with van der Waals surface area (Å²) in [6.07, 6.45) is 11.3. The summed E-state index contributed by atoms with van der Waals surface area (Å²) in [5.74, 6) is -0.476. The number of hydrogen-bond acceptors (Lipinski definition) is 4. The van der Waals surface area contributed by atoms with Crippen LogP contribution in [0.5, 0.6) is 0 Å². The molecule has 4 nitrogen and oxygen atoms in total. The molecule has 0 N–H and O–H groups in total. The van der Waals surface area contributed by atoms with Crippen LogP contribution < -0.4 is 0 Å². The van der Waals surface area contributed by atoms with Gasteiger partial charge in [-0.25, -0.2) is 0 Å². The van der Waals surface area contributed by atoms with Crippen LogP contribution in [0, 0.1) is 0 Å². The van der Waals surface area contributed by atoms with E-state index in [0.29, 0.717) is 19.6 Å². The number of esters is 2. The van der Waals surface area contributed by atoms with E-state index in [1.54, 1.807) is 0 Å². The zero-order chi connectivity index (χ0) is 17.3. The van der Waals surface area contributed by atoms with Gasteiger partial charge in [0, 0.05) is 12.8 Å². The Morgan fingerprint density at radius 1 is 0.783 bits per heavy atom. The summed E-state index contributed by atoms with van der Waals surface area (Å²) in [6, 6.07) is 0. The van der Waals surface area contributed by atoms with Crippen molar-refractivity contribution in [2.24, 2.45) is 0 Å². The third kappa shape index (κ3) is 16.9. The number of carbonyl (C=O) groups excluding carboxylic acids is 2. The molecule has 0 unspecified atom stereocenters. The van der Waals surface area contributed by atoms with Crippen LogP contribution in [0.25, 0.3) is 0 Å². The lowest BCUT2D eigenvalue weighted by atomic mass is 10.1. The minimum absolute atomic E-state index is 0.215. The molecule has 4 heteroatoms. The van der Waals surface area contributed by atoms with Crippen molar-refractivity contribution in [3.63, 3.8) is 0 Å². The van der Waals surface area contributed by atoms with Crippen molar-refractivity contribution in [1.29, 1.82) is 0 Å². The normalized spacial score (nSPS) is 10.2. The van der Waals surface area contributed by atoms with Gasteiger partial charge in [-0.2, -0.15) is 0 Å². The maximum atomic E-state index is 11.5. The molecule has 0 aliphatic heterocycles. The van der Waals surface area contributed by atoms with Crippen molar-refractivity contribution in [3.05, 3.63) is 11.6 Å². The Morgan fingerprint density at radius 2 is 1.35 bits per heavy atom. The van der Waals surface area contributed by atoms with Crippen LogP contribution in [0.2, 0.25) is 0 Å². The molecule has 0 aliphatic rings. The third-order valence-corrected chi connectivity index (χ3v) is 3.51. The molecular weight excluding hydrogens is 292 g/mol. The number of allylic oxidation sites excluding steroid dienone is 1. The van der Waals surface area contributed by atoms with E-state index in [2.05, 4.69) is 6.92 Å². The number of hydrogen-bond donors (Lipinski definition) is 0. The highest BCUT2D eigenvalue weighted by atomic mass is 16.5. The summed E-state index contributed by atoms with van der Waals surface area (Å²) in [7, 11) is 0. The first-order chi connectivity index (χ1) is 11.1. The quantitative estimate of drug-likeness (QED) is 0.257. The van der Waals surface area contributed by atoms with Gasteiger partial charge in [0.25, 0.3) is 0 Å². The fourth-order valence-electron chi connectivity index (χ4n) is 2.07. The van der Waals surface area contributed by atoms with E-state index in [1.165, 1.54) is 32.1 Å². The monoisotopic (exact) mass is 326 g/mol. The number of carbonyl (C=O) groups is 2. The number of rotatable bonds is 14. The van der Waals surface area contributed by atoms with E-state index >= 15 is 0 Å². The van der Waals surface area contributed by atoms with Gasteiger partial charge in [0.15, 0.2) is 0 Å². The second-order valence-corrected chi connectivity index (χ2v) is 6.16. The third-order valence-electron chi connectivity index (χ3n) is 3.51. The average molecular weight is 326 g/mol. The van der Waals surface area contributed by atoms with Gasteiger partial charge < -0.3 is 9.47 Å². The van der Waals surface area contributed by atoms with Crippen molar-refractivity contribution < 1.29 is 19.1 Å². The summed E-state index contributed by atoms with van der Waals surface area (Å²) in [6.45, 7) is 6.92. The van der Waals surface area contributed by atoms with Crippen LogP contribution in [-0.4, -0.2) is 25.2 Å². The molecule has 0 bridgehead atoms. The molecule has 0 saturated carbocycles. The highest BCUT2D eigenvalue weighted by Gasteiger charge is 2.06. The molecule has 0 rings (SSSR count). The van der Waals surface area contributed by atoms with Gasteiger partial charge in [-0.1, -0.05) is 51.0 Å². The molecular formula is C19H34O4. The average Bonchev–Trinajstić information content (AvgIpc) is 2.49. The van der Waals surface area contributed by atoms with Crippen molar-refractivity contribution in [2.75, 3.05) is 13.2 Å². The number of ether oxygens (including phenoxy) is 2. The molecule has 0 atom stereocenters. The summed E-state index contributed by atoms with van der Waals surface area (Å²) < 4.78 is 10.2. The van der Waals surface area contributed by atoms with Gasteiger partial charge >= 0.3 is 11.9 Å². The largest absolute Gasteiger partial charge is 0.466 e. The summed E-state index contributed by atoms with van der Waals surface area (Å²) >= 11 is 0. The van der Waals surface area contributed by atoms with Crippen molar-refractivity contribution in [2.45, 2.75) is 85.0 Å². The fourth-order valence-corrected chi connectivity index (χ4v) is 2.07. The molecule has 0 spiro atoms. The van der Waals surface area contributed by atoms with Gasteiger partial charge in [-0.05, 0) is 32.8 Å². The topological polar surface area (TPSA) is 52.6 Å². The first kappa shape index (κ1) is 21.7. The van der Waals surface area contributed by atoms with E-state index in [1.807, 2.05) is 19.9 Å². The standard InChI is InChI=1S/C19H34O4/c1-4-5-6-7-8-9-10-15-22-18(20)12-11-13-19(21)23-16-14-17(2)3/h14H,4-13,15-16H2,1-3H3. The van der Waals surface area contributed by atoms with Gasteiger partial charge in [-0.3, -0.25) is 9.59 Å². The molecule has 0 saturated heterocycles. The summed E-state index contributed by atoms with van der Waals surface area (Å²) in [5, 5.41) is 0. The molecule has 0 amide bonds. The highest BCUT2D eigenvalue weighted by molar-refractivity contribution is 5.72. The Balaban J connectivity index is 3.40. The predicted molar refractivity (Wildman–Crippen MR) is 93.2 cm³/mol. The molecule has 0 fully saturated rings. The summed E-state index contributed by atoms with van der Waals surface area (Å²) in [5.41, 5.74) is 1.12. The molecule has 23 heavy (non-hydrogen) atoms. The minimum atomic E-state index is -0.262. The zero-order valence-electron chi connectivity index (χ0n) is 15.2. The Kier molecular flexibility index (Phi) is 14.7. The van der Waals surface area contributed by atoms with Crippen LogP contribution in [0.3, 0.4) is 0 Å². The van der Waals surface area contributed by atoms with Crippen molar-refractivity contribution in [3.8, 4) is 0 Å². The lowest BCUT2D eigenvalue weighted by molar-refractivity contribution is -0.145. The molecule has 0 aromatic carbocycles. The van der Waals surface area contributed by atoms with Gasteiger partial charge in [0.05, 0.1) is 6.61 Å². The zero-order valence-corrected chi connectivity index (χ0v) is 15.2. The first-order valence-corrected chi connectivity index (χ1v) is 9.00. The predicted octanol–water partition coefficient (Wildman–Crippen LogP) is 4.96. The molecule has 0 aromatic rings. The minimum Gasteiger partial charge on any atom is -0.466 e. The Hall–Kier alpha value is -1.32. The van der Waals surface area contributed by atoms with Crippen LogP contribution in [0.15, 0.2) is 11.6 Å². The maximum Gasteiger partial charge on any atom is 0.306 e. The second-order valence-electron chi connectivity index (χ2n) is 6.16. The lowest BCUT2D eigenvalue weighted by Gasteiger charge is -2.05. The molecule has 0 heterocycles. The number of unbranched alkanes of at least 4 members (excludes halogenated alkanes) is 6. The molecule has 134 valence electrons. The lowest BCUT2D eigenvalue weighted by Crippen LogP contribution is -2.09. The smallest absolute Gasteiger partial charge is 0.306 e. The van der Waals surface area contributed by atoms with E-state index in [0.717, 1.165) is 18.4 Å². The molecule has 0 aliphatic carbocycles. The summed E-state index contributed by atoms with van der Waals surface area (Å²) in [4.78, 5) is 22.9. The van der Waals surface area contributed by atoms with Crippen LogP contribution in [-0.2, 0) is 19.1 Å². The van der Waals surface area contributed by atoms with Crippen LogP contribution in [0.4, 0.5) is 0 Å². The van der Waals surface area contributed by atoms with Crippen molar-refractivity contribution >= 4 is 11.9 Å². The van der Waals surface area contributed by atoms with Gasteiger partial charge in [0.2, 0.25) is 0 Å². The SMILES string of the molecule is CCCCCCCCCOC(=O)CCCC(=O)OCC=C(C)C. The van der Waals surface area contributed by atoms with E-state index < -0.39 is 0 Å². The highest BCUT2D eigenvalue weighted by Crippen LogP contribution is 2.07. The fraction of sp³-hybridized carbons (Fsp3) is 0.789. The van der Waals surface area contributed by atoms with E-state index in [-0.39, 0.29) is 24.8 Å². The Bertz CT molecular complexity index is 343. The second kappa shape index (κ2) is 15.6. The van der Waals surface area contributed by atoms with E-state index in [4.69, 9.17) is 9.47 Å². The molecule has 0 aromatic heterocycles. The Morgan fingerprint density at radius 3 is 1.96 bits per heavy atom. The van der Waals surface area contributed by atoms with Crippen LogP contribution >= 0.6 is 0 Å². The Labute approximate surface area is 141 Å². The maximum absolute atomic E-state index is 11.5. The molecule has 0 radical (unpaired) electrons. The van der Waals surface area contributed by atoms with Crippen LogP contribution in [0.1, 0.15) is 85.0 Å². The van der Waals surface area contributed by atoms with E-state index in [9.17, 15) is 9.59 Å². The van der Waals surface area contributed by atoms with Gasteiger partial charge in [0.1, 0.15) is 6.61 Å².